The molecule has 1 aromatic carbocycles. The molecule has 0 N–H and O–H groups in total. The minimum atomic E-state index is 0.0558. The Balaban J connectivity index is 1.34. The Hall–Kier alpha value is -2.12. The summed E-state index contributed by atoms with van der Waals surface area (Å²) in [5.41, 5.74) is 7.79. The van der Waals surface area contributed by atoms with Gasteiger partial charge in [0.2, 0.25) is 0 Å². The number of fused-ring (bicyclic) bond motifs is 9. The Morgan fingerprint density at radius 1 is 0.571 bits per heavy atom. The molecule has 0 amide bonds. The number of benzene rings is 1. The molecule has 0 aliphatic heterocycles. The summed E-state index contributed by atoms with van der Waals surface area (Å²) in [5.74, 6) is 2.74. The predicted octanol–water partition coefficient (Wildman–Crippen LogP) is 14.8. The lowest BCUT2D eigenvalue weighted by atomic mass is 9.84. The fraction of sp³-hybridized carbons (Fsp3) is 0.535. The van der Waals surface area contributed by atoms with Gasteiger partial charge in [-0.2, -0.15) is 0 Å². The number of thiophene rings is 4. The Kier molecular flexibility index (Phi) is 9.93. The number of aromatic nitrogens is 2. The van der Waals surface area contributed by atoms with Crippen molar-refractivity contribution in [1.82, 2.24) is 9.97 Å². The smallest absolute Gasteiger partial charge is 0.0984 e. The molecular formula is C43H54N2S4. The van der Waals surface area contributed by atoms with Crippen LogP contribution in [0.3, 0.4) is 0 Å². The summed E-state index contributed by atoms with van der Waals surface area (Å²) in [5, 5.41) is 2.59. The number of hydrogen-bond acceptors (Lipinski definition) is 6. The van der Waals surface area contributed by atoms with Crippen molar-refractivity contribution in [1.29, 1.82) is 0 Å². The van der Waals surface area contributed by atoms with Crippen LogP contribution in [0.25, 0.3) is 50.7 Å². The normalized spacial score (nSPS) is 15.3. The van der Waals surface area contributed by atoms with Gasteiger partial charge in [0.15, 0.2) is 0 Å². The molecule has 1 aliphatic rings. The molecule has 0 saturated heterocycles. The molecule has 0 fully saturated rings. The maximum Gasteiger partial charge on any atom is 0.0984 e. The number of hydrogen-bond donors (Lipinski definition) is 0. The molecule has 6 aromatic rings. The van der Waals surface area contributed by atoms with E-state index in [4.69, 9.17) is 9.97 Å². The molecule has 0 radical (unpaired) electrons. The lowest BCUT2D eigenvalue weighted by Gasteiger charge is -2.18. The average Bonchev–Trinajstić information content (AvgIpc) is 3.82. The number of nitrogens with zero attached hydrogens (tertiary/aromatic N) is 2. The van der Waals surface area contributed by atoms with Gasteiger partial charge in [-0.05, 0) is 85.8 Å². The van der Waals surface area contributed by atoms with Crippen LogP contribution >= 0.6 is 45.3 Å². The van der Waals surface area contributed by atoms with Crippen molar-refractivity contribution in [2.24, 2.45) is 23.7 Å². The molecule has 0 bridgehead atoms. The zero-order valence-electron chi connectivity index (χ0n) is 31.3. The number of aryl methyl sites for hydroxylation is 2. The molecule has 0 saturated carbocycles. The third kappa shape index (κ3) is 6.81. The van der Waals surface area contributed by atoms with Gasteiger partial charge >= 0.3 is 0 Å². The topological polar surface area (TPSA) is 25.8 Å². The summed E-state index contributed by atoms with van der Waals surface area (Å²) in [6, 6.07) is 9.75. The van der Waals surface area contributed by atoms with Crippen LogP contribution in [0.1, 0.15) is 126 Å². The van der Waals surface area contributed by atoms with Crippen LogP contribution in [-0.2, 0) is 18.3 Å². The lowest BCUT2D eigenvalue weighted by Crippen LogP contribution is -2.13. The van der Waals surface area contributed by atoms with Gasteiger partial charge in [-0.15, -0.1) is 45.3 Å². The van der Waals surface area contributed by atoms with Gasteiger partial charge in [0.1, 0.15) is 0 Å². The maximum atomic E-state index is 5.67. The van der Waals surface area contributed by atoms with Crippen LogP contribution < -0.4 is 0 Å². The zero-order chi connectivity index (χ0) is 34.8. The Morgan fingerprint density at radius 2 is 1.06 bits per heavy atom. The predicted molar refractivity (Wildman–Crippen MR) is 222 cm³/mol. The zero-order valence-corrected chi connectivity index (χ0v) is 34.6. The van der Waals surface area contributed by atoms with Gasteiger partial charge in [-0.3, -0.25) is 0 Å². The van der Waals surface area contributed by atoms with Crippen LogP contribution in [0.15, 0.2) is 24.3 Å². The van der Waals surface area contributed by atoms with E-state index in [9.17, 15) is 0 Å². The van der Waals surface area contributed by atoms with Crippen molar-refractivity contribution in [2.45, 2.75) is 126 Å². The summed E-state index contributed by atoms with van der Waals surface area (Å²) in [6.07, 6.45) is 9.75. The van der Waals surface area contributed by atoms with E-state index >= 15 is 0 Å². The first-order valence-corrected chi connectivity index (χ1v) is 22.0. The van der Waals surface area contributed by atoms with Crippen molar-refractivity contribution in [3.05, 3.63) is 56.5 Å². The molecule has 7 rings (SSSR count). The highest BCUT2D eigenvalue weighted by molar-refractivity contribution is 7.31. The van der Waals surface area contributed by atoms with Crippen LogP contribution in [0.4, 0.5) is 0 Å². The second-order valence-corrected chi connectivity index (χ2v) is 21.2. The van der Waals surface area contributed by atoms with Crippen LogP contribution in [-0.4, -0.2) is 9.97 Å². The summed E-state index contributed by atoms with van der Waals surface area (Å²) >= 11 is 7.85. The second kappa shape index (κ2) is 13.8. The molecule has 5 heterocycles. The van der Waals surface area contributed by atoms with Crippen LogP contribution in [0.5, 0.6) is 0 Å². The molecule has 0 spiro atoms. The van der Waals surface area contributed by atoms with E-state index < -0.39 is 0 Å². The Bertz CT molecular complexity index is 2130. The van der Waals surface area contributed by atoms with Gasteiger partial charge < -0.3 is 0 Å². The van der Waals surface area contributed by atoms with Crippen molar-refractivity contribution in [3.63, 3.8) is 0 Å². The molecule has 2 nitrogen and oxygen atoms in total. The molecule has 0 unspecified atom stereocenters. The first kappa shape index (κ1) is 35.3. The third-order valence-electron chi connectivity index (χ3n) is 10.8. The second-order valence-electron chi connectivity index (χ2n) is 16.6. The van der Waals surface area contributed by atoms with Gasteiger partial charge in [0.05, 0.1) is 31.8 Å². The quantitative estimate of drug-likeness (QED) is 0.118. The lowest BCUT2D eigenvalue weighted by molar-refractivity contribution is 0.441. The van der Waals surface area contributed by atoms with Gasteiger partial charge in [-0.1, -0.05) is 93.9 Å². The summed E-state index contributed by atoms with van der Waals surface area (Å²) < 4.78 is 2.77. The van der Waals surface area contributed by atoms with Crippen molar-refractivity contribution >= 4 is 76.6 Å². The van der Waals surface area contributed by atoms with E-state index in [0.29, 0.717) is 11.8 Å². The van der Waals surface area contributed by atoms with E-state index in [1.165, 1.54) is 110 Å². The molecule has 1 aliphatic carbocycles. The van der Waals surface area contributed by atoms with E-state index in [1.807, 2.05) is 45.3 Å². The molecule has 260 valence electrons. The fourth-order valence-corrected chi connectivity index (χ4v) is 13.0. The summed E-state index contributed by atoms with van der Waals surface area (Å²) in [4.78, 5) is 19.8. The Labute approximate surface area is 310 Å². The minimum absolute atomic E-state index is 0.0558. The number of rotatable bonds is 13. The largest absolute Gasteiger partial charge is 0.249 e. The van der Waals surface area contributed by atoms with E-state index in [-0.39, 0.29) is 5.41 Å². The average molecular weight is 727 g/mol. The summed E-state index contributed by atoms with van der Waals surface area (Å²) in [6.45, 7) is 23.5. The fourth-order valence-electron chi connectivity index (χ4n) is 7.97. The SMILES string of the molecule is Cc1cc2c(s1)-c1sc(-c3cc4c5nc(C[C@H](C)CCCC(C)C)c(C[C@H](C)CCCC(C)C)nc5c5cc(C)sc5c4s3)cc1C2(C)C. The van der Waals surface area contributed by atoms with E-state index in [0.717, 1.165) is 35.7 Å². The standard InChI is InChI=1S/C43H54N2S4/c1-23(2)13-11-15-25(5)17-33-34(18-26(6)16-12-14-24(3)4)45-38-30-21-35(48-40(30)39-29(37(38)44-33)19-27(7)46-39)36-22-32-42(49-36)41-31(43(32,9)10)20-28(8)47-41/h19-26H,11-18H2,1-10H3/t25-,26-/m1/s1. The maximum absolute atomic E-state index is 5.67. The highest BCUT2D eigenvalue weighted by Gasteiger charge is 2.39. The Morgan fingerprint density at radius 3 is 1.65 bits per heavy atom. The first-order valence-electron chi connectivity index (χ1n) is 18.7. The highest BCUT2D eigenvalue weighted by atomic mass is 32.1. The van der Waals surface area contributed by atoms with Gasteiger partial charge in [0.25, 0.3) is 0 Å². The van der Waals surface area contributed by atoms with Crippen molar-refractivity contribution in [3.8, 4) is 19.5 Å². The van der Waals surface area contributed by atoms with Crippen molar-refractivity contribution < 1.29 is 0 Å². The molecule has 6 heteroatoms. The van der Waals surface area contributed by atoms with E-state index in [1.54, 1.807) is 0 Å². The first-order chi connectivity index (χ1) is 23.3. The summed E-state index contributed by atoms with van der Waals surface area (Å²) in [7, 11) is 0. The molecule has 49 heavy (non-hydrogen) atoms. The molecule has 5 aromatic heterocycles. The van der Waals surface area contributed by atoms with Crippen LogP contribution in [0.2, 0.25) is 0 Å². The third-order valence-corrected chi connectivity index (χ3v) is 15.7. The van der Waals surface area contributed by atoms with Crippen molar-refractivity contribution in [2.75, 3.05) is 0 Å². The molecule has 2 atom stereocenters. The van der Waals surface area contributed by atoms with Gasteiger partial charge in [-0.25, -0.2) is 9.97 Å². The minimum Gasteiger partial charge on any atom is -0.249 e. The molecular weight excluding hydrogens is 673 g/mol. The monoisotopic (exact) mass is 726 g/mol. The van der Waals surface area contributed by atoms with Gasteiger partial charge in [0, 0.05) is 45.5 Å². The van der Waals surface area contributed by atoms with Crippen LogP contribution in [0, 0.1) is 37.5 Å². The highest BCUT2D eigenvalue weighted by Crippen LogP contribution is 2.57. The van der Waals surface area contributed by atoms with E-state index in [2.05, 4.69) is 93.5 Å².